The Bertz CT molecular complexity index is 606. The van der Waals surface area contributed by atoms with Gasteiger partial charge in [0.2, 0.25) is 5.95 Å². The zero-order valence-corrected chi connectivity index (χ0v) is 10.8. The number of fused-ring (bicyclic) bond motifs is 2. The Morgan fingerprint density at radius 2 is 2.11 bits per heavy atom. The minimum Gasteiger partial charge on any atom is -0.368 e. The van der Waals surface area contributed by atoms with Gasteiger partial charge in [-0.1, -0.05) is 12.8 Å². The van der Waals surface area contributed by atoms with Gasteiger partial charge in [0.25, 0.3) is 0 Å². The molecule has 0 aromatic carbocycles. The lowest BCUT2D eigenvalue weighted by atomic mass is 9.85. The monoisotopic (exact) mass is 258 g/mol. The maximum atomic E-state index is 5.82. The average Bonchev–Trinajstić information content (AvgIpc) is 3.03. The molecular weight excluding hydrogens is 240 g/mol. The topological polar surface area (TPSA) is 83.7 Å². The first kappa shape index (κ1) is 11.0. The molecule has 2 aromatic heterocycles. The van der Waals surface area contributed by atoms with E-state index in [1.165, 1.54) is 32.1 Å². The highest BCUT2D eigenvalue weighted by atomic mass is 15.3. The Labute approximate surface area is 111 Å². The van der Waals surface area contributed by atoms with Crippen molar-refractivity contribution < 1.29 is 0 Å². The zero-order chi connectivity index (χ0) is 12.8. The van der Waals surface area contributed by atoms with Crippen LogP contribution in [0.2, 0.25) is 0 Å². The largest absolute Gasteiger partial charge is 0.368 e. The summed E-state index contributed by atoms with van der Waals surface area (Å²) >= 11 is 0. The number of aromatic amines is 1. The van der Waals surface area contributed by atoms with E-state index in [2.05, 4.69) is 24.8 Å². The minimum atomic E-state index is 0.314. The van der Waals surface area contributed by atoms with Crippen molar-refractivity contribution in [2.75, 3.05) is 17.2 Å². The molecule has 0 spiro atoms. The van der Waals surface area contributed by atoms with E-state index in [4.69, 9.17) is 5.73 Å². The molecule has 2 unspecified atom stereocenters. The Morgan fingerprint density at radius 1 is 1.21 bits per heavy atom. The molecule has 2 aliphatic rings. The second-order valence-corrected chi connectivity index (χ2v) is 5.60. The SMILES string of the molecule is Nc1nc(N2CCC3CCCCC32)c2[nH]cnc2n1. The number of H-pyrrole nitrogens is 1. The number of nitrogen functional groups attached to an aromatic ring is 1. The molecule has 3 N–H and O–H groups in total. The first-order valence-electron chi connectivity index (χ1n) is 7.06. The van der Waals surface area contributed by atoms with Crippen LogP contribution in [0.25, 0.3) is 11.2 Å². The van der Waals surface area contributed by atoms with Crippen molar-refractivity contribution >= 4 is 22.9 Å². The predicted octanol–water partition coefficient (Wildman–Crippen LogP) is 1.70. The molecule has 2 fully saturated rings. The summed E-state index contributed by atoms with van der Waals surface area (Å²) in [7, 11) is 0. The fourth-order valence-electron chi connectivity index (χ4n) is 3.71. The fourth-order valence-corrected chi connectivity index (χ4v) is 3.71. The Balaban J connectivity index is 1.79. The molecule has 3 heterocycles. The maximum absolute atomic E-state index is 5.82. The van der Waals surface area contributed by atoms with Crippen LogP contribution in [0.1, 0.15) is 32.1 Å². The summed E-state index contributed by atoms with van der Waals surface area (Å²) in [5.74, 6) is 2.08. The molecular formula is C13H18N6. The van der Waals surface area contributed by atoms with E-state index in [1.54, 1.807) is 6.33 Å². The van der Waals surface area contributed by atoms with Crippen LogP contribution in [0.5, 0.6) is 0 Å². The summed E-state index contributed by atoms with van der Waals surface area (Å²) in [6.45, 7) is 1.07. The molecule has 1 saturated heterocycles. The van der Waals surface area contributed by atoms with Crippen LogP contribution in [0.3, 0.4) is 0 Å². The molecule has 0 radical (unpaired) electrons. The van der Waals surface area contributed by atoms with Crippen molar-refractivity contribution in [3.05, 3.63) is 6.33 Å². The van der Waals surface area contributed by atoms with Gasteiger partial charge in [-0.2, -0.15) is 9.97 Å². The number of nitrogens with zero attached hydrogens (tertiary/aromatic N) is 4. The van der Waals surface area contributed by atoms with Gasteiger partial charge in [-0.15, -0.1) is 0 Å². The van der Waals surface area contributed by atoms with E-state index in [9.17, 15) is 0 Å². The number of aromatic nitrogens is 4. The normalized spacial score (nSPS) is 26.8. The summed E-state index contributed by atoms with van der Waals surface area (Å²) in [4.78, 5) is 18.4. The summed E-state index contributed by atoms with van der Waals surface area (Å²) < 4.78 is 0. The lowest BCUT2D eigenvalue weighted by molar-refractivity contribution is 0.341. The molecule has 6 heteroatoms. The molecule has 2 atom stereocenters. The van der Waals surface area contributed by atoms with Crippen LogP contribution in [0.15, 0.2) is 6.33 Å². The van der Waals surface area contributed by atoms with Crippen LogP contribution in [0.4, 0.5) is 11.8 Å². The van der Waals surface area contributed by atoms with E-state index in [0.29, 0.717) is 17.6 Å². The van der Waals surface area contributed by atoms with Gasteiger partial charge in [0.1, 0.15) is 5.52 Å². The molecule has 2 aromatic rings. The van der Waals surface area contributed by atoms with Gasteiger partial charge in [0.15, 0.2) is 11.5 Å². The third-order valence-corrected chi connectivity index (χ3v) is 4.57. The van der Waals surface area contributed by atoms with E-state index >= 15 is 0 Å². The third-order valence-electron chi connectivity index (χ3n) is 4.57. The standard InChI is InChI=1S/C13H18N6/c14-13-17-11-10(15-7-16-11)12(18-13)19-6-5-8-3-1-2-4-9(8)19/h7-9H,1-6H2,(H3,14,15,16,17,18). The van der Waals surface area contributed by atoms with Crippen LogP contribution < -0.4 is 10.6 Å². The van der Waals surface area contributed by atoms with Crippen molar-refractivity contribution in [2.24, 2.45) is 5.92 Å². The molecule has 19 heavy (non-hydrogen) atoms. The quantitative estimate of drug-likeness (QED) is 0.813. The Kier molecular flexibility index (Phi) is 2.36. The van der Waals surface area contributed by atoms with Gasteiger partial charge in [0, 0.05) is 12.6 Å². The van der Waals surface area contributed by atoms with Crippen LogP contribution in [0, 0.1) is 5.92 Å². The van der Waals surface area contributed by atoms with Crippen LogP contribution in [-0.4, -0.2) is 32.5 Å². The number of anilines is 2. The second-order valence-electron chi connectivity index (χ2n) is 5.60. The highest BCUT2D eigenvalue weighted by Crippen LogP contribution is 2.39. The molecule has 0 amide bonds. The van der Waals surface area contributed by atoms with Crippen molar-refractivity contribution in [3.8, 4) is 0 Å². The highest BCUT2D eigenvalue weighted by molar-refractivity contribution is 5.84. The number of hydrogen-bond acceptors (Lipinski definition) is 5. The minimum absolute atomic E-state index is 0.314. The number of nitrogens with two attached hydrogens (primary N) is 1. The molecule has 0 bridgehead atoms. The number of rotatable bonds is 1. The maximum Gasteiger partial charge on any atom is 0.224 e. The third kappa shape index (κ3) is 1.66. The zero-order valence-electron chi connectivity index (χ0n) is 10.8. The van der Waals surface area contributed by atoms with Gasteiger partial charge >= 0.3 is 0 Å². The van der Waals surface area contributed by atoms with Crippen LogP contribution >= 0.6 is 0 Å². The summed E-state index contributed by atoms with van der Waals surface area (Å²) in [5.41, 5.74) is 7.40. The Hall–Kier alpha value is -1.85. The molecule has 1 aliphatic heterocycles. The average molecular weight is 258 g/mol. The van der Waals surface area contributed by atoms with E-state index < -0.39 is 0 Å². The first-order valence-corrected chi connectivity index (χ1v) is 7.06. The summed E-state index contributed by atoms with van der Waals surface area (Å²) in [6, 6.07) is 0.620. The number of hydrogen-bond donors (Lipinski definition) is 2. The predicted molar refractivity (Wildman–Crippen MR) is 73.8 cm³/mol. The molecule has 6 nitrogen and oxygen atoms in total. The fraction of sp³-hybridized carbons (Fsp3) is 0.615. The van der Waals surface area contributed by atoms with Crippen molar-refractivity contribution in [2.45, 2.75) is 38.1 Å². The summed E-state index contributed by atoms with van der Waals surface area (Å²) in [6.07, 6.45) is 8.25. The van der Waals surface area contributed by atoms with Crippen molar-refractivity contribution in [1.82, 2.24) is 19.9 Å². The molecule has 1 aliphatic carbocycles. The van der Waals surface area contributed by atoms with Gasteiger partial charge < -0.3 is 15.6 Å². The van der Waals surface area contributed by atoms with E-state index in [1.807, 2.05) is 0 Å². The number of nitrogens with one attached hydrogen (secondary N) is 1. The smallest absolute Gasteiger partial charge is 0.224 e. The van der Waals surface area contributed by atoms with Gasteiger partial charge in [-0.05, 0) is 25.2 Å². The van der Waals surface area contributed by atoms with Crippen molar-refractivity contribution in [3.63, 3.8) is 0 Å². The van der Waals surface area contributed by atoms with E-state index in [-0.39, 0.29) is 0 Å². The first-order chi connectivity index (χ1) is 9.33. The number of imidazole rings is 1. The van der Waals surface area contributed by atoms with Crippen LogP contribution in [-0.2, 0) is 0 Å². The Morgan fingerprint density at radius 3 is 3.05 bits per heavy atom. The van der Waals surface area contributed by atoms with Gasteiger partial charge in [-0.3, -0.25) is 0 Å². The van der Waals surface area contributed by atoms with E-state index in [0.717, 1.165) is 23.8 Å². The second kappa shape index (κ2) is 4.08. The van der Waals surface area contributed by atoms with Crippen molar-refractivity contribution in [1.29, 1.82) is 0 Å². The lowest BCUT2D eigenvalue weighted by Crippen LogP contribution is -2.35. The van der Waals surface area contributed by atoms with Gasteiger partial charge in [0.05, 0.1) is 6.33 Å². The lowest BCUT2D eigenvalue weighted by Gasteiger charge is -2.32. The van der Waals surface area contributed by atoms with Gasteiger partial charge in [-0.25, -0.2) is 4.98 Å². The molecule has 4 rings (SSSR count). The molecule has 1 saturated carbocycles. The summed E-state index contributed by atoms with van der Waals surface area (Å²) in [5, 5.41) is 0. The highest BCUT2D eigenvalue weighted by Gasteiger charge is 2.37. The molecule has 100 valence electrons.